The molecule has 0 radical (unpaired) electrons. The van der Waals surface area contributed by atoms with E-state index in [1.54, 1.807) is 0 Å². The number of fused-ring (bicyclic) bond motifs is 3. The molecule has 2 heteroatoms. The van der Waals surface area contributed by atoms with Crippen molar-refractivity contribution in [3.05, 3.63) is 200 Å². The second-order valence-corrected chi connectivity index (χ2v) is 13.5. The van der Waals surface area contributed by atoms with Crippen molar-refractivity contribution >= 4 is 48.6 Å². The zero-order valence-corrected chi connectivity index (χ0v) is 28.2. The van der Waals surface area contributed by atoms with Gasteiger partial charge in [-0.15, -0.1) is 11.3 Å². The largest absolute Gasteiger partial charge is 0.308 e. The Morgan fingerprint density at radius 3 is 1.50 bits per heavy atom. The van der Waals surface area contributed by atoms with Gasteiger partial charge in [-0.1, -0.05) is 170 Å². The van der Waals surface area contributed by atoms with Crippen molar-refractivity contribution in [2.75, 3.05) is 4.90 Å². The standard InChI is InChI=1S/C48H33NS/c1-3-16-34(17-4-1)35-30-32-37(33-31-35)49(46-28-15-26-44-43-25-12-14-29-47(43)50-48(44)46)45-27-13-11-24-42(45)41-23-10-9-22-40(41)39-21-8-7-20-38(39)36-18-5-2-6-19-36/h1-33H. The lowest BCUT2D eigenvalue weighted by Gasteiger charge is -2.29. The lowest BCUT2D eigenvalue weighted by atomic mass is 9.88. The minimum atomic E-state index is 1.12. The number of benzene rings is 8. The van der Waals surface area contributed by atoms with Gasteiger partial charge in [0.15, 0.2) is 0 Å². The van der Waals surface area contributed by atoms with Crippen molar-refractivity contribution in [1.29, 1.82) is 0 Å². The van der Waals surface area contributed by atoms with Crippen LogP contribution in [0.1, 0.15) is 0 Å². The summed E-state index contributed by atoms with van der Waals surface area (Å²) in [7, 11) is 0. The van der Waals surface area contributed by atoms with E-state index in [1.807, 2.05) is 11.3 Å². The van der Waals surface area contributed by atoms with Crippen molar-refractivity contribution in [3.63, 3.8) is 0 Å². The quantitative estimate of drug-likeness (QED) is 0.165. The highest BCUT2D eigenvalue weighted by atomic mass is 32.1. The van der Waals surface area contributed by atoms with Crippen LogP contribution in [0.2, 0.25) is 0 Å². The molecule has 8 aromatic carbocycles. The van der Waals surface area contributed by atoms with E-state index in [-0.39, 0.29) is 0 Å². The van der Waals surface area contributed by atoms with Gasteiger partial charge in [-0.25, -0.2) is 0 Å². The molecule has 0 atom stereocenters. The number of para-hydroxylation sites is 1. The van der Waals surface area contributed by atoms with Gasteiger partial charge in [-0.05, 0) is 69.3 Å². The fourth-order valence-electron chi connectivity index (χ4n) is 7.19. The number of hydrogen-bond donors (Lipinski definition) is 0. The summed E-state index contributed by atoms with van der Waals surface area (Å²) < 4.78 is 2.57. The normalized spacial score (nSPS) is 11.2. The highest BCUT2D eigenvalue weighted by Crippen LogP contribution is 2.49. The van der Waals surface area contributed by atoms with Gasteiger partial charge in [0.05, 0.1) is 16.1 Å². The van der Waals surface area contributed by atoms with Crippen LogP contribution in [-0.2, 0) is 0 Å². The SMILES string of the molecule is c1ccc(-c2ccc(N(c3ccccc3-c3ccccc3-c3ccccc3-c3ccccc3)c3cccc4c3sc3ccccc34)cc2)cc1. The summed E-state index contributed by atoms with van der Waals surface area (Å²) in [6, 6.07) is 72.3. The molecule has 236 valence electrons. The Bertz CT molecular complexity index is 2580. The van der Waals surface area contributed by atoms with Crippen LogP contribution in [0.4, 0.5) is 17.1 Å². The zero-order valence-electron chi connectivity index (χ0n) is 27.4. The number of hydrogen-bond acceptors (Lipinski definition) is 2. The summed E-state index contributed by atoms with van der Waals surface area (Å²) in [4.78, 5) is 2.46. The molecule has 50 heavy (non-hydrogen) atoms. The highest BCUT2D eigenvalue weighted by Gasteiger charge is 2.22. The average molecular weight is 656 g/mol. The van der Waals surface area contributed by atoms with Crippen LogP contribution < -0.4 is 4.90 Å². The maximum atomic E-state index is 2.46. The number of nitrogens with zero attached hydrogens (tertiary/aromatic N) is 1. The van der Waals surface area contributed by atoms with Crippen LogP contribution in [0.3, 0.4) is 0 Å². The van der Waals surface area contributed by atoms with E-state index < -0.39 is 0 Å². The summed E-state index contributed by atoms with van der Waals surface area (Å²) in [5.74, 6) is 0. The lowest BCUT2D eigenvalue weighted by molar-refractivity contribution is 1.30. The van der Waals surface area contributed by atoms with Gasteiger partial charge in [0.1, 0.15) is 0 Å². The molecule has 0 aliphatic carbocycles. The second-order valence-electron chi connectivity index (χ2n) is 12.5. The molecule has 0 fully saturated rings. The maximum absolute atomic E-state index is 2.46. The van der Waals surface area contributed by atoms with Gasteiger partial charge < -0.3 is 4.90 Å². The summed E-state index contributed by atoms with van der Waals surface area (Å²) in [5, 5.41) is 2.58. The molecule has 1 nitrogen and oxygen atoms in total. The van der Waals surface area contributed by atoms with Crippen molar-refractivity contribution in [2.45, 2.75) is 0 Å². The first kappa shape index (κ1) is 29.9. The van der Waals surface area contributed by atoms with Crippen LogP contribution in [0.25, 0.3) is 64.7 Å². The Labute approximate surface area is 297 Å². The molecule has 9 rings (SSSR count). The third kappa shape index (κ3) is 5.37. The molecule has 0 aliphatic rings. The van der Waals surface area contributed by atoms with Gasteiger partial charge >= 0.3 is 0 Å². The third-order valence-electron chi connectivity index (χ3n) is 9.52. The number of anilines is 3. The second kappa shape index (κ2) is 13.0. The Morgan fingerprint density at radius 1 is 0.300 bits per heavy atom. The monoisotopic (exact) mass is 655 g/mol. The summed E-state index contributed by atoms with van der Waals surface area (Å²) in [6.45, 7) is 0. The molecule has 9 aromatic rings. The van der Waals surface area contributed by atoms with E-state index >= 15 is 0 Å². The third-order valence-corrected chi connectivity index (χ3v) is 10.7. The summed E-state index contributed by atoms with van der Waals surface area (Å²) in [6.07, 6.45) is 0. The molecule has 0 N–H and O–H groups in total. The van der Waals surface area contributed by atoms with Crippen molar-refractivity contribution in [3.8, 4) is 44.5 Å². The Hall–Kier alpha value is -6.22. The predicted octanol–water partition coefficient (Wildman–Crippen LogP) is 14.2. The van der Waals surface area contributed by atoms with E-state index in [2.05, 4.69) is 205 Å². The Kier molecular flexibility index (Phi) is 7.77. The van der Waals surface area contributed by atoms with Gasteiger partial charge in [-0.2, -0.15) is 0 Å². The topological polar surface area (TPSA) is 3.24 Å². The minimum absolute atomic E-state index is 1.12. The number of rotatable bonds is 7. The lowest BCUT2D eigenvalue weighted by Crippen LogP contribution is -2.11. The van der Waals surface area contributed by atoms with Gasteiger partial charge in [0.25, 0.3) is 0 Å². The van der Waals surface area contributed by atoms with E-state index in [0.29, 0.717) is 0 Å². The zero-order chi connectivity index (χ0) is 33.3. The summed E-state index contributed by atoms with van der Waals surface area (Å²) >= 11 is 1.87. The van der Waals surface area contributed by atoms with Crippen LogP contribution in [0, 0.1) is 0 Å². The summed E-state index contributed by atoms with van der Waals surface area (Å²) in [5.41, 5.74) is 13.1. The van der Waals surface area contributed by atoms with Crippen molar-refractivity contribution in [1.82, 2.24) is 0 Å². The van der Waals surface area contributed by atoms with E-state index in [0.717, 1.165) is 11.4 Å². The first-order valence-electron chi connectivity index (χ1n) is 17.0. The Balaban J connectivity index is 1.27. The fourth-order valence-corrected chi connectivity index (χ4v) is 8.39. The van der Waals surface area contributed by atoms with E-state index in [9.17, 15) is 0 Å². The molecule has 1 aromatic heterocycles. The maximum Gasteiger partial charge on any atom is 0.0640 e. The molecule has 0 saturated carbocycles. The molecule has 1 heterocycles. The van der Waals surface area contributed by atoms with E-state index in [1.165, 1.54) is 70.4 Å². The van der Waals surface area contributed by atoms with Gasteiger partial charge in [0.2, 0.25) is 0 Å². The van der Waals surface area contributed by atoms with Crippen LogP contribution >= 0.6 is 11.3 Å². The predicted molar refractivity (Wildman–Crippen MR) is 216 cm³/mol. The van der Waals surface area contributed by atoms with Crippen LogP contribution in [0.5, 0.6) is 0 Å². The Morgan fingerprint density at radius 2 is 0.780 bits per heavy atom. The molecular formula is C48H33NS. The molecule has 0 unspecified atom stereocenters. The minimum Gasteiger partial charge on any atom is -0.308 e. The smallest absolute Gasteiger partial charge is 0.0640 e. The number of thiophene rings is 1. The molecule has 0 saturated heterocycles. The highest BCUT2D eigenvalue weighted by molar-refractivity contribution is 7.26. The average Bonchev–Trinajstić information content (AvgIpc) is 3.59. The van der Waals surface area contributed by atoms with Gasteiger partial charge in [0, 0.05) is 26.7 Å². The van der Waals surface area contributed by atoms with Gasteiger partial charge in [-0.3, -0.25) is 0 Å². The van der Waals surface area contributed by atoms with Crippen molar-refractivity contribution < 1.29 is 0 Å². The van der Waals surface area contributed by atoms with E-state index in [4.69, 9.17) is 0 Å². The molecular weight excluding hydrogens is 623 g/mol. The fraction of sp³-hybridized carbons (Fsp3) is 0. The van der Waals surface area contributed by atoms with Crippen molar-refractivity contribution in [2.24, 2.45) is 0 Å². The molecule has 0 spiro atoms. The molecule has 0 amide bonds. The van der Waals surface area contributed by atoms with Crippen LogP contribution in [0.15, 0.2) is 200 Å². The van der Waals surface area contributed by atoms with Crippen LogP contribution in [-0.4, -0.2) is 0 Å². The first-order valence-corrected chi connectivity index (χ1v) is 17.8. The first-order chi connectivity index (χ1) is 24.8. The molecule has 0 bridgehead atoms. The molecule has 0 aliphatic heterocycles.